The highest BCUT2D eigenvalue weighted by Gasteiger charge is 2.39. The Hall–Kier alpha value is -4.31. The molecule has 1 aliphatic heterocycles. The lowest BCUT2D eigenvalue weighted by molar-refractivity contribution is 0.0737. The standard InChI is InChI=1S/C32H26F4N2O3S/c1-18(2)20-9-7-19(8-10-20)17-41-27-6-4-5-24(29(27)40-3)32-38(31(39)28-25(35)15-23(34)16-26(28)36)37-30(42-32)21-11-13-22(33)14-12-21/h4-16,18,32H,17H2,1-3H3. The largest absolute Gasteiger partial charge is 0.492 e. The molecule has 0 aromatic heterocycles. The molecule has 1 unspecified atom stereocenters. The summed E-state index contributed by atoms with van der Waals surface area (Å²) in [7, 11) is 1.44. The zero-order valence-electron chi connectivity index (χ0n) is 22.9. The average molecular weight is 595 g/mol. The van der Waals surface area contributed by atoms with Gasteiger partial charge in [-0.2, -0.15) is 5.10 Å². The van der Waals surface area contributed by atoms with Crippen molar-refractivity contribution >= 4 is 22.7 Å². The van der Waals surface area contributed by atoms with E-state index in [1.54, 1.807) is 18.2 Å². The number of nitrogens with zero attached hydrogens (tertiary/aromatic N) is 2. The molecular formula is C32H26F4N2O3S. The van der Waals surface area contributed by atoms with Crippen molar-refractivity contribution in [1.29, 1.82) is 0 Å². The molecule has 216 valence electrons. The highest BCUT2D eigenvalue weighted by Crippen LogP contribution is 2.48. The molecule has 5 rings (SSSR count). The first-order valence-corrected chi connectivity index (χ1v) is 13.9. The monoisotopic (exact) mass is 594 g/mol. The number of thioether (sulfide) groups is 1. The number of halogens is 4. The normalized spacial score (nSPS) is 14.7. The third kappa shape index (κ3) is 5.99. The van der Waals surface area contributed by atoms with E-state index in [0.29, 0.717) is 45.7 Å². The summed E-state index contributed by atoms with van der Waals surface area (Å²) in [5.74, 6) is -4.41. The molecule has 0 saturated heterocycles. The van der Waals surface area contributed by atoms with Crippen LogP contribution in [0.1, 0.15) is 57.8 Å². The Labute approximate surface area is 244 Å². The van der Waals surface area contributed by atoms with Crippen LogP contribution in [0.4, 0.5) is 17.6 Å². The molecule has 0 spiro atoms. The van der Waals surface area contributed by atoms with Crippen LogP contribution >= 0.6 is 11.8 Å². The van der Waals surface area contributed by atoms with E-state index in [-0.39, 0.29) is 6.61 Å². The van der Waals surface area contributed by atoms with Gasteiger partial charge in [0.05, 0.1) is 7.11 Å². The fraction of sp³-hybridized carbons (Fsp3) is 0.188. The number of carbonyl (C=O) groups is 1. The van der Waals surface area contributed by atoms with Crippen molar-refractivity contribution in [1.82, 2.24) is 5.01 Å². The number of amides is 1. The molecule has 1 aliphatic rings. The molecule has 1 amide bonds. The number of carbonyl (C=O) groups excluding carboxylic acids is 1. The van der Waals surface area contributed by atoms with E-state index in [2.05, 4.69) is 18.9 Å². The van der Waals surface area contributed by atoms with Crippen LogP contribution in [0.2, 0.25) is 0 Å². The predicted octanol–water partition coefficient (Wildman–Crippen LogP) is 8.20. The number of hydrogen-bond acceptors (Lipinski definition) is 5. The van der Waals surface area contributed by atoms with Gasteiger partial charge < -0.3 is 9.47 Å². The van der Waals surface area contributed by atoms with E-state index in [1.807, 2.05) is 24.3 Å². The maximum Gasteiger partial charge on any atom is 0.281 e. The summed E-state index contributed by atoms with van der Waals surface area (Å²) in [5, 5.41) is 4.62. The van der Waals surface area contributed by atoms with Crippen LogP contribution < -0.4 is 9.47 Å². The molecular weight excluding hydrogens is 568 g/mol. The van der Waals surface area contributed by atoms with Gasteiger partial charge in [-0.15, -0.1) is 0 Å². The number of hydrogen-bond donors (Lipinski definition) is 0. The van der Waals surface area contributed by atoms with E-state index in [4.69, 9.17) is 9.47 Å². The average Bonchev–Trinajstić information content (AvgIpc) is 3.41. The number of para-hydroxylation sites is 1. The molecule has 5 nitrogen and oxygen atoms in total. The van der Waals surface area contributed by atoms with Crippen LogP contribution in [0.3, 0.4) is 0 Å². The molecule has 1 atom stereocenters. The Morgan fingerprint density at radius 1 is 0.929 bits per heavy atom. The molecule has 1 heterocycles. The highest BCUT2D eigenvalue weighted by molar-refractivity contribution is 8.14. The van der Waals surface area contributed by atoms with Crippen molar-refractivity contribution in [3.05, 3.63) is 130 Å². The summed E-state index contributed by atoms with van der Waals surface area (Å²) in [5.41, 5.74) is 2.10. The molecule has 0 N–H and O–H groups in total. The van der Waals surface area contributed by atoms with Gasteiger partial charge in [0.25, 0.3) is 5.91 Å². The smallest absolute Gasteiger partial charge is 0.281 e. The van der Waals surface area contributed by atoms with Crippen LogP contribution in [0.25, 0.3) is 0 Å². The van der Waals surface area contributed by atoms with Crippen LogP contribution in [0.5, 0.6) is 11.5 Å². The van der Waals surface area contributed by atoms with E-state index in [1.165, 1.54) is 36.9 Å². The summed E-state index contributed by atoms with van der Waals surface area (Å²) in [6.45, 7) is 4.46. The summed E-state index contributed by atoms with van der Waals surface area (Å²) in [6.07, 6.45) is 0. The minimum atomic E-state index is -1.36. The van der Waals surface area contributed by atoms with Crippen molar-refractivity contribution in [2.24, 2.45) is 5.10 Å². The predicted molar refractivity (Wildman–Crippen MR) is 154 cm³/mol. The number of rotatable bonds is 8. The Balaban J connectivity index is 1.51. The van der Waals surface area contributed by atoms with Crippen LogP contribution in [0.15, 0.2) is 84.0 Å². The minimum Gasteiger partial charge on any atom is -0.492 e. The Morgan fingerprint density at radius 2 is 1.60 bits per heavy atom. The zero-order valence-corrected chi connectivity index (χ0v) is 23.7. The minimum absolute atomic E-state index is 0.238. The SMILES string of the molecule is COc1c(OCc2ccc(C(C)C)cc2)cccc1C1SC(c2ccc(F)cc2)=NN1C(=O)c1c(F)cc(F)cc1F. The highest BCUT2D eigenvalue weighted by atomic mass is 32.2. The number of benzene rings is 4. The van der Waals surface area contributed by atoms with E-state index in [0.717, 1.165) is 22.3 Å². The third-order valence-corrected chi connectivity index (χ3v) is 7.90. The number of hydrazone groups is 1. The van der Waals surface area contributed by atoms with Crippen molar-refractivity contribution in [3.8, 4) is 11.5 Å². The van der Waals surface area contributed by atoms with Crippen molar-refractivity contribution in [3.63, 3.8) is 0 Å². The molecule has 0 saturated carbocycles. The lowest BCUT2D eigenvalue weighted by Crippen LogP contribution is -2.28. The quantitative estimate of drug-likeness (QED) is 0.193. The van der Waals surface area contributed by atoms with Crippen molar-refractivity contribution in [2.45, 2.75) is 31.7 Å². The van der Waals surface area contributed by atoms with Crippen molar-refractivity contribution in [2.75, 3.05) is 7.11 Å². The second-order valence-corrected chi connectivity index (χ2v) is 10.9. The molecule has 10 heteroatoms. The van der Waals surface area contributed by atoms with Gasteiger partial charge >= 0.3 is 0 Å². The van der Waals surface area contributed by atoms with Gasteiger partial charge in [-0.1, -0.05) is 62.0 Å². The van der Waals surface area contributed by atoms with Gasteiger partial charge in [-0.3, -0.25) is 4.79 Å². The van der Waals surface area contributed by atoms with Crippen LogP contribution in [-0.4, -0.2) is 23.1 Å². The molecule has 0 bridgehead atoms. The summed E-state index contributed by atoms with van der Waals surface area (Å²) in [6, 6.07) is 19.4. The van der Waals surface area contributed by atoms with Gasteiger partial charge in [0.1, 0.15) is 45.9 Å². The Morgan fingerprint density at radius 3 is 2.21 bits per heavy atom. The fourth-order valence-electron chi connectivity index (χ4n) is 4.48. The Bertz CT molecular complexity index is 1620. The van der Waals surface area contributed by atoms with Crippen LogP contribution in [0, 0.1) is 23.3 Å². The van der Waals surface area contributed by atoms with Gasteiger partial charge in [-0.25, -0.2) is 22.6 Å². The second kappa shape index (κ2) is 12.3. The first kappa shape index (κ1) is 29.2. The lowest BCUT2D eigenvalue weighted by Gasteiger charge is -2.24. The molecule has 42 heavy (non-hydrogen) atoms. The lowest BCUT2D eigenvalue weighted by atomic mass is 10.0. The van der Waals surface area contributed by atoms with E-state index < -0.39 is 40.1 Å². The fourth-order valence-corrected chi connectivity index (χ4v) is 5.65. The summed E-state index contributed by atoms with van der Waals surface area (Å²) >= 11 is 1.10. The second-order valence-electron chi connectivity index (χ2n) is 9.84. The van der Waals surface area contributed by atoms with Crippen LogP contribution in [-0.2, 0) is 6.61 Å². The maximum atomic E-state index is 14.7. The number of methoxy groups -OCH3 is 1. The van der Waals surface area contributed by atoms with Gasteiger partial charge in [0.2, 0.25) is 0 Å². The van der Waals surface area contributed by atoms with Gasteiger partial charge in [0.15, 0.2) is 11.5 Å². The maximum absolute atomic E-state index is 14.7. The van der Waals surface area contributed by atoms with E-state index >= 15 is 0 Å². The van der Waals surface area contributed by atoms with E-state index in [9.17, 15) is 22.4 Å². The third-order valence-electron chi connectivity index (χ3n) is 6.68. The summed E-state index contributed by atoms with van der Waals surface area (Å²) in [4.78, 5) is 13.6. The number of ether oxygens (including phenoxy) is 2. The van der Waals surface area contributed by atoms with Gasteiger partial charge in [-0.05, 0) is 47.4 Å². The first-order valence-electron chi connectivity index (χ1n) is 13.0. The first-order chi connectivity index (χ1) is 20.2. The molecule has 0 aliphatic carbocycles. The zero-order chi connectivity index (χ0) is 30.0. The Kier molecular flexibility index (Phi) is 8.54. The molecule has 4 aromatic rings. The van der Waals surface area contributed by atoms with Gasteiger partial charge in [0, 0.05) is 23.3 Å². The molecule has 0 radical (unpaired) electrons. The summed E-state index contributed by atoms with van der Waals surface area (Å²) < 4.78 is 68.4. The van der Waals surface area contributed by atoms with Crippen molar-refractivity contribution < 1.29 is 31.8 Å². The topological polar surface area (TPSA) is 51.1 Å². The molecule has 0 fully saturated rings. The molecule has 4 aromatic carbocycles.